The highest BCUT2D eigenvalue weighted by Crippen LogP contribution is 2.26. The number of nitrogens with zero attached hydrogens (tertiary/aromatic N) is 1. The number of anilines is 1. The molecule has 1 aromatic rings. The van der Waals surface area contributed by atoms with Crippen LogP contribution in [0.25, 0.3) is 0 Å². The number of carbonyl (C=O) groups excluding carboxylic acids is 1. The molecule has 0 bridgehead atoms. The van der Waals surface area contributed by atoms with Gasteiger partial charge in [-0.3, -0.25) is 14.9 Å². The number of hydrogen-bond acceptors (Lipinski definition) is 4. The zero-order chi connectivity index (χ0) is 16.0. The van der Waals surface area contributed by atoms with Gasteiger partial charge in [0.05, 0.1) is 15.6 Å². The molecule has 0 spiro atoms. The van der Waals surface area contributed by atoms with Gasteiger partial charge in [-0.2, -0.15) is 0 Å². The fraction of sp³-hybridized carbons (Fsp3) is 0.333. The number of hydrogen-bond donors (Lipinski definition) is 3. The highest BCUT2D eigenvalue weighted by molar-refractivity contribution is 6.33. The lowest BCUT2D eigenvalue weighted by molar-refractivity contribution is -0.384. The Labute approximate surface area is 125 Å². The van der Waals surface area contributed by atoms with Crippen molar-refractivity contribution in [2.45, 2.75) is 25.8 Å². The lowest BCUT2D eigenvalue weighted by atomic mass is 10.2. The maximum absolute atomic E-state index is 11.7. The van der Waals surface area contributed by atoms with Crippen molar-refractivity contribution in [2.75, 3.05) is 5.32 Å². The molecule has 1 unspecified atom stereocenters. The summed E-state index contributed by atoms with van der Waals surface area (Å²) in [6, 6.07) is 2.70. The van der Waals surface area contributed by atoms with E-state index in [4.69, 9.17) is 16.7 Å². The van der Waals surface area contributed by atoms with Gasteiger partial charge in [0.1, 0.15) is 0 Å². The third kappa shape index (κ3) is 5.65. The fourth-order valence-corrected chi connectivity index (χ4v) is 1.68. The first-order chi connectivity index (χ1) is 9.79. The molecule has 0 saturated carbocycles. The van der Waals surface area contributed by atoms with Crippen LogP contribution in [0.4, 0.5) is 16.2 Å². The normalized spacial score (nSPS) is 11.5. The number of benzene rings is 1. The summed E-state index contributed by atoms with van der Waals surface area (Å²) >= 11 is 5.84. The van der Waals surface area contributed by atoms with Gasteiger partial charge in [0.15, 0.2) is 0 Å². The molecular weight excluding hydrogens is 302 g/mol. The van der Waals surface area contributed by atoms with E-state index in [1.165, 1.54) is 12.1 Å². The third-order valence-electron chi connectivity index (χ3n) is 2.58. The molecule has 9 heteroatoms. The van der Waals surface area contributed by atoms with Crippen molar-refractivity contribution in [1.29, 1.82) is 0 Å². The summed E-state index contributed by atoms with van der Waals surface area (Å²) in [7, 11) is 0. The second-order valence-electron chi connectivity index (χ2n) is 4.35. The molecule has 0 aliphatic heterocycles. The largest absolute Gasteiger partial charge is 0.481 e. The molecule has 0 aliphatic carbocycles. The van der Waals surface area contributed by atoms with Gasteiger partial charge in [0, 0.05) is 24.6 Å². The van der Waals surface area contributed by atoms with Crippen LogP contribution in [-0.2, 0) is 4.79 Å². The lowest BCUT2D eigenvalue weighted by Gasteiger charge is -2.14. The van der Waals surface area contributed by atoms with Crippen LogP contribution >= 0.6 is 11.6 Å². The molecule has 0 aliphatic rings. The molecule has 8 nitrogen and oxygen atoms in total. The van der Waals surface area contributed by atoms with Crippen LogP contribution in [0.5, 0.6) is 0 Å². The van der Waals surface area contributed by atoms with E-state index >= 15 is 0 Å². The van der Waals surface area contributed by atoms with Gasteiger partial charge in [-0.05, 0) is 19.4 Å². The number of non-ortho nitro benzene ring substituents is 1. The molecular formula is C12H14ClN3O5. The average molecular weight is 316 g/mol. The molecule has 0 heterocycles. The van der Waals surface area contributed by atoms with E-state index in [0.717, 1.165) is 6.07 Å². The highest BCUT2D eigenvalue weighted by atomic mass is 35.5. The molecule has 114 valence electrons. The van der Waals surface area contributed by atoms with Crippen LogP contribution in [0, 0.1) is 10.1 Å². The molecule has 1 rings (SSSR count). The van der Waals surface area contributed by atoms with Crippen molar-refractivity contribution in [3.05, 3.63) is 33.3 Å². The van der Waals surface area contributed by atoms with E-state index in [0.29, 0.717) is 0 Å². The Morgan fingerprint density at radius 3 is 2.71 bits per heavy atom. The Morgan fingerprint density at radius 2 is 2.14 bits per heavy atom. The standard InChI is InChI=1S/C12H14ClN3O5/c1-7(2-5-11(17)18)14-12(19)15-10-6-8(16(20)21)3-4-9(10)13/h3-4,6-7H,2,5H2,1H3,(H,17,18)(H2,14,15,19). The maximum Gasteiger partial charge on any atom is 0.319 e. The van der Waals surface area contributed by atoms with Gasteiger partial charge in [0.2, 0.25) is 0 Å². The minimum absolute atomic E-state index is 0.0704. The highest BCUT2D eigenvalue weighted by Gasteiger charge is 2.13. The smallest absolute Gasteiger partial charge is 0.319 e. The minimum Gasteiger partial charge on any atom is -0.481 e. The van der Waals surface area contributed by atoms with E-state index in [1.807, 2.05) is 0 Å². The predicted octanol–water partition coefficient (Wildman–Crippen LogP) is 2.62. The number of nitro benzene ring substituents is 1. The molecule has 0 fully saturated rings. The summed E-state index contributed by atoms with van der Waals surface area (Å²) < 4.78 is 0. The van der Waals surface area contributed by atoms with E-state index in [2.05, 4.69) is 10.6 Å². The quantitative estimate of drug-likeness (QED) is 0.550. The van der Waals surface area contributed by atoms with Gasteiger partial charge in [-0.25, -0.2) is 4.79 Å². The summed E-state index contributed by atoms with van der Waals surface area (Å²) in [5.41, 5.74) is -0.0950. The number of nitrogens with one attached hydrogen (secondary N) is 2. The van der Waals surface area contributed by atoms with Crippen LogP contribution in [0.2, 0.25) is 5.02 Å². The summed E-state index contributed by atoms with van der Waals surface area (Å²) in [6.45, 7) is 1.65. The molecule has 2 amide bonds. The molecule has 0 radical (unpaired) electrons. The van der Waals surface area contributed by atoms with Gasteiger partial charge < -0.3 is 15.7 Å². The van der Waals surface area contributed by atoms with Crippen molar-refractivity contribution < 1.29 is 19.6 Å². The average Bonchev–Trinajstić information content (AvgIpc) is 2.38. The first-order valence-electron chi connectivity index (χ1n) is 6.03. The molecule has 3 N–H and O–H groups in total. The zero-order valence-corrected chi connectivity index (χ0v) is 11.9. The van der Waals surface area contributed by atoms with Crippen molar-refractivity contribution in [1.82, 2.24) is 5.32 Å². The van der Waals surface area contributed by atoms with Gasteiger partial charge in [0.25, 0.3) is 5.69 Å². The Hall–Kier alpha value is -2.35. The number of urea groups is 1. The van der Waals surface area contributed by atoms with Crippen molar-refractivity contribution in [3.8, 4) is 0 Å². The number of carboxylic acids is 1. The first kappa shape index (κ1) is 16.7. The number of halogens is 1. The number of carbonyl (C=O) groups is 2. The Balaban J connectivity index is 2.64. The van der Waals surface area contributed by atoms with E-state index in [-0.39, 0.29) is 35.3 Å². The molecule has 0 aromatic heterocycles. The summed E-state index contributed by atoms with van der Waals surface area (Å²) in [5.74, 6) is -0.953. The Bertz CT molecular complexity index is 564. The minimum atomic E-state index is -0.953. The zero-order valence-electron chi connectivity index (χ0n) is 11.1. The molecule has 1 atom stereocenters. The third-order valence-corrected chi connectivity index (χ3v) is 2.91. The Morgan fingerprint density at radius 1 is 1.48 bits per heavy atom. The second kappa shape index (κ2) is 7.44. The van der Waals surface area contributed by atoms with Crippen LogP contribution in [-0.4, -0.2) is 28.1 Å². The van der Waals surface area contributed by atoms with Gasteiger partial charge in [-0.1, -0.05) is 11.6 Å². The van der Waals surface area contributed by atoms with Gasteiger partial charge in [-0.15, -0.1) is 0 Å². The van der Waals surface area contributed by atoms with Gasteiger partial charge >= 0.3 is 12.0 Å². The van der Waals surface area contributed by atoms with Crippen LogP contribution in [0.15, 0.2) is 18.2 Å². The number of nitro groups is 1. The fourth-order valence-electron chi connectivity index (χ4n) is 1.52. The Kier molecular flexibility index (Phi) is 5.92. The second-order valence-corrected chi connectivity index (χ2v) is 4.76. The monoisotopic (exact) mass is 315 g/mol. The number of aliphatic carboxylic acids is 1. The molecule has 1 aromatic carbocycles. The van der Waals surface area contributed by atoms with E-state index < -0.39 is 16.9 Å². The SMILES string of the molecule is CC(CCC(=O)O)NC(=O)Nc1cc([N+](=O)[O-])ccc1Cl. The molecule has 21 heavy (non-hydrogen) atoms. The number of carboxylic acid groups (broad SMARTS) is 1. The van der Waals surface area contributed by atoms with Crippen molar-refractivity contribution in [3.63, 3.8) is 0 Å². The lowest BCUT2D eigenvalue weighted by Crippen LogP contribution is -2.36. The number of amides is 2. The van der Waals surface area contributed by atoms with Crippen LogP contribution in [0.1, 0.15) is 19.8 Å². The van der Waals surface area contributed by atoms with Crippen LogP contribution < -0.4 is 10.6 Å². The predicted molar refractivity (Wildman–Crippen MR) is 76.6 cm³/mol. The van der Waals surface area contributed by atoms with E-state index in [1.54, 1.807) is 6.92 Å². The number of rotatable bonds is 6. The topological polar surface area (TPSA) is 122 Å². The van der Waals surface area contributed by atoms with Crippen molar-refractivity contribution in [2.24, 2.45) is 0 Å². The summed E-state index contributed by atoms with van der Waals surface area (Å²) in [5, 5.41) is 24.3. The van der Waals surface area contributed by atoms with Crippen LogP contribution in [0.3, 0.4) is 0 Å². The maximum atomic E-state index is 11.7. The summed E-state index contributed by atoms with van der Waals surface area (Å²) in [6.07, 6.45) is 0.199. The van der Waals surface area contributed by atoms with E-state index in [9.17, 15) is 19.7 Å². The van der Waals surface area contributed by atoms with Crippen molar-refractivity contribution >= 4 is 35.0 Å². The molecule has 0 saturated heterocycles. The first-order valence-corrected chi connectivity index (χ1v) is 6.40. The summed E-state index contributed by atoms with van der Waals surface area (Å²) in [4.78, 5) is 32.2.